The highest BCUT2D eigenvalue weighted by Gasteiger charge is 2.16. The van der Waals surface area contributed by atoms with Gasteiger partial charge in [0, 0.05) is 10.6 Å². The number of halogens is 1. The van der Waals surface area contributed by atoms with E-state index in [1.807, 2.05) is 20.8 Å². The highest BCUT2D eigenvalue weighted by Crippen LogP contribution is 2.35. The summed E-state index contributed by atoms with van der Waals surface area (Å²) < 4.78 is 5.35. The maximum absolute atomic E-state index is 6.20. The fraction of sp³-hybridized carbons (Fsp3) is 0.455. The van der Waals surface area contributed by atoms with Gasteiger partial charge in [-0.05, 0) is 37.5 Å². The topological polar surface area (TPSA) is 44.5 Å². The lowest BCUT2D eigenvalue weighted by atomic mass is 9.99. The van der Waals surface area contributed by atoms with E-state index < -0.39 is 0 Å². The van der Waals surface area contributed by atoms with Crippen molar-refractivity contribution in [3.8, 4) is 5.75 Å². The Morgan fingerprint density at radius 3 is 2.20 bits per heavy atom. The maximum Gasteiger partial charge on any atom is 0.127 e. The first-order valence-corrected chi connectivity index (χ1v) is 5.06. The van der Waals surface area contributed by atoms with Gasteiger partial charge in [-0.1, -0.05) is 11.6 Å². The lowest BCUT2D eigenvalue weighted by Crippen LogP contribution is -2.06. The second-order valence-corrected chi connectivity index (χ2v) is 3.89. The fourth-order valence-electron chi connectivity index (χ4n) is 1.68. The zero-order chi connectivity index (χ0) is 11.6. The summed E-state index contributed by atoms with van der Waals surface area (Å²) in [6, 6.07) is 0. The second kappa shape index (κ2) is 4.84. The van der Waals surface area contributed by atoms with Crippen LogP contribution in [0.1, 0.15) is 22.3 Å². The predicted molar refractivity (Wildman–Crippen MR) is 61.2 cm³/mol. The first kappa shape index (κ1) is 12.3. The molecule has 0 spiro atoms. The minimum Gasteiger partial charge on any atom is -0.496 e. The van der Waals surface area contributed by atoms with E-state index in [1.54, 1.807) is 7.11 Å². The van der Waals surface area contributed by atoms with Gasteiger partial charge in [-0.25, -0.2) is 5.90 Å². The summed E-state index contributed by atoms with van der Waals surface area (Å²) in [5, 5.41) is 0.750. The lowest BCUT2D eigenvalue weighted by Gasteiger charge is -2.17. The van der Waals surface area contributed by atoms with E-state index in [0.29, 0.717) is 6.61 Å². The van der Waals surface area contributed by atoms with Crippen molar-refractivity contribution in [3.05, 3.63) is 27.3 Å². The summed E-state index contributed by atoms with van der Waals surface area (Å²) in [6.07, 6.45) is 0. The van der Waals surface area contributed by atoms with Crippen molar-refractivity contribution < 1.29 is 9.57 Å². The molecule has 0 atom stereocenters. The van der Waals surface area contributed by atoms with E-state index in [1.165, 1.54) is 0 Å². The number of nitrogens with two attached hydrogens (primary N) is 1. The quantitative estimate of drug-likeness (QED) is 0.811. The lowest BCUT2D eigenvalue weighted by molar-refractivity contribution is 0.121. The molecule has 4 heteroatoms. The molecule has 0 saturated carbocycles. The largest absolute Gasteiger partial charge is 0.496 e. The van der Waals surface area contributed by atoms with Gasteiger partial charge in [0.15, 0.2) is 0 Å². The van der Waals surface area contributed by atoms with Crippen LogP contribution in [0.2, 0.25) is 5.02 Å². The summed E-state index contributed by atoms with van der Waals surface area (Å²) in [6.45, 7) is 6.18. The zero-order valence-corrected chi connectivity index (χ0v) is 10.2. The third kappa shape index (κ3) is 2.09. The fourth-order valence-corrected chi connectivity index (χ4v) is 1.93. The highest BCUT2D eigenvalue weighted by molar-refractivity contribution is 6.32. The molecule has 84 valence electrons. The summed E-state index contributed by atoms with van der Waals surface area (Å²) >= 11 is 6.20. The molecule has 15 heavy (non-hydrogen) atoms. The molecule has 0 bridgehead atoms. The molecule has 0 amide bonds. The van der Waals surface area contributed by atoms with E-state index in [0.717, 1.165) is 33.0 Å². The minimum atomic E-state index is 0.301. The molecule has 1 aromatic carbocycles. The molecular formula is C11H16ClNO2. The number of benzene rings is 1. The van der Waals surface area contributed by atoms with Crippen LogP contribution in [-0.2, 0) is 11.4 Å². The van der Waals surface area contributed by atoms with E-state index in [-0.39, 0.29) is 0 Å². The van der Waals surface area contributed by atoms with Gasteiger partial charge in [-0.15, -0.1) is 0 Å². The Morgan fingerprint density at radius 2 is 1.73 bits per heavy atom. The minimum absolute atomic E-state index is 0.301. The molecule has 0 aromatic heterocycles. The third-order valence-corrected chi connectivity index (χ3v) is 3.29. The summed E-state index contributed by atoms with van der Waals surface area (Å²) in [4.78, 5) is 4.66. The van der Waals surface area contributed by atoms with Crippen LogP contribution < -0.4 is 10.6 Å². The average molecular weight is 230 g/mol. The number of methoxy groups -OCH3 is 1. The Morgan fingerprint density at radius 1 is 1.13 bits per heavy atom. The molecule has 0 aliphatic heterocycles. The van der Waals surface area contributed by atoms with Crippen LogP contribution in [0.15, 0.2) is 0 Å². The van der Waals surface area contributed by atoms with E-state index >= 15 is 0 Å². The first-order valence-electron chi connectivity index (χ1n) is 4.68. The highest BCUT2D eigenvalue weighted by atomic mass is 35.5. The van der Waals surface area contributed by atoms with Gasteiger partial charge in [-0.2, -0.15) is 0 Å². The van der Waals surface area contributed by atoms with Crippen LogP contribution in [0.25, 0.3) is 0 Å². The van der Waals surface area contributed by atoms with E-state index in [2.05, 4.69) is 4.84 Å². The van der Waals surface area contributed by atoms with Crippen LogP contribution in [0.4, 0.5) is 0 Å². The SMILES string of the molecule is COc1c(C)c(C)c(Cl)c(C)c1CON. The van der Waals surface area contributed by atoms with Gasteiger partial charge in [-0.3, -0.25) is 4.84 Å². The maximum atomic E-state index is 6.20. The third-order valence-electron chi connectivity index (χ3n) is 2.72. The summed E-state index contributed by atoms with van der Waals surface area (Å²) in [5.41, 5.74) is 3.93. The smallest absolute Gasteiger partial charge is 0.127 e. The van der Waals surface area contributed by atoms with Gasteiger partial charge < -0.3 is 4.74 Å². The number of rotatable bonds is 3. The van der Waals surface area contributed by atoms with Crippen molar-refractivity contribution in [2.75, 3.05) is 7.11 Å². The summed E-state index contributed by atoms with van der Waals surface area (Å²) in [7, 11) is 1.63. The van der Waals surface area contributed by atoms with Gasteiger partial charge >= 0.3 is 0 Å². The van der Waals surface area contributed by atoms with Gasteiger partial charge in [0.25, 0.3) is 0 Å². The Labute approximate surface area is 95.1 Å². The van der Waals surface area contributed by atoms with Gasteiger partial charge in [0.2, 0.25) is 0 Å². The average Bonchev–Trinajstić information content (AvgIpc) is 2.24. The van der Waals surface area contributed by atoms with Crippen molar-refractivity contribution in [3.63, 3.8) is 0 Å². The van der Waals surface area contributed by atoms with Crippen LogP contribution in [0.5, 0.6) is 5.75 Å². The molecule has 0 unspecified atom stereocenters. The molecule has 0 saturated heterocycles. The first-order chi connectivity index (χ1) is 7.04. The molecule has 0 fully saturated rings. The molecule has 3 nitrogen and oxygen atoms in total. The molecule has 1 aromatic rings. The zero-order valence-electron chi connectivity index (χ0n) is 9.48. The number of ether oxygens (including phenoxy) is 1. The number of hydrogen-bond acceptors (Lipinski definition) is 3. The normalized spacial score (nSPS) is 10.5. The van der Waals surface area contributed by atoms with E-state index in [9.17, 15) is 0 Å². The molecule has 0 heterocycles. The van der Waals surface area contributed by atoms with Crippen LogP contribution >= 0.6 is 11.6 Å². The molecule has 1 rings (SSSR count). The molecule has 0 radical (unpaired) electrons. The Balaban J connectivity index is 3.47. The Bertz CT molecular complexity index is 378. The van der Waals surface area contributed by atoms with Crippen molar-refractivity contribution in [1.29, 1.82) is 0 Å². The van der Waals surface area contributed by atoms with Crippen LogP contribution in [0, 0.1) is 20.8 Å². The van der Waals surface area contributed by atoms with Crippen LogP contribution in [0.3, 0.4) is 0 Å². The van der Waals surface area contributed by atoms with Crippen molar-refractivity contribution >= 4 is 11.6 Å². The molecule has 0 aliphatic carbocycles. The number of hydrogen-bond donors (Lipinski definition) is 1. The Hall–Kier alpha value is -0.770. The van der Waals surface area contributed by atoms with Crippen LogP contribution in [-0.4, -0.2) is 7.11 Å². The second-order valence-electron chi connectivity index (χ2n) is 3.51. The molecule has 2 N–H and O–H groups in total. The van der Waals surface area contributed by atoms with E-state index in [4.69, 9.17) is 22.2 Å². The monoisotopic (exact) mass is 229 g/mol. The predicted octanol–water partition coefficient (Wildman–Crippen LogP) is 2.66. The molecular weight excluding hydrogens is 214 g/mol. The van der Waals surface area contributed by atoms with Crippen molar-refractivity contribution in [1.82, 2.24) is 0 Å². The molecule has 0 aliphatic rings. The van der Waals surface area contributed by atoms with Crippen molar-refractivity contribution in [2.45, 2.75) is 27.4 Å². The summed E-state index contributed by atoms with van der Waals surface area (Å²) in [5.74, 6) is 5.90. The van der Waals surface area contributed by atoms with Gasteiger partial charge in [0.1, 0.15) is 5.75 Å². The standard InChI is InChI=1S/C11H16ClNO2/c1-6-7(2)11(14-4)9(5-15-13)8(3)10(6)12/h5,13H2,1-4H3. The van der Waals surface area contributed by atoms with Crippen molar-refractivity contribution in [2.24, 2.45) is 5.90 Å². The van der Waals surface area contributed by atoms with Gasteiger partial charge in [0.05, 0.1) is 13.7 Å². The Kier molecular flexibility index (Phi) is 3.97.